The van der Waals surface area contributed by atoms with Gasteiger partial charge in [-0.15, -0.1) is 12.4 Å². The third-order valence-electron chi connectivity index (χ3n) is 5.77. The van der Waals surface area contributed by atoms with E-state index in [4.69, 9.17) is 0 Å². The zero-order valence-corrected chi connectivity index (χ0v) is 16.5. The fourth-order valence-electron chi connectivity index (χ4n) is 4.39. The summed E-state index contributed by atoms with van der Waals surface area (Å²) in [5.41, 5.74) is 7.21. The van der Waals surface area contributed by atoms with Crippen molar-refractivity contribution in [1.29, 1.82) is 0 Å². The lowest BCUT2D eigenvalue weighted by Crippen LogP contribution is -2.28. The fraction of sp³-hybridized carbons (Fsp3) is 0.273. The largest absolute Gasteiger partial charge is 0.326 e. The van der Waals surface area contributed by atoms with Crippen LogP contribution in [0.2, 0.25) is 0 Å². The molecule has 6 heteroatoms. The van der Waals surface area contributed by atoms with Crippen LogP contribution >= 0.6 is 12.4 Å². The molecule has 1 aromatic heterocycles. The van der Waals surface area contributed by atoms with Gasteiger partial charge in [0.25, 0.3) is 0 Å². The highest BCUT2D eigenvalue weighted by Gasteiger charge is 2.34. The van der Waals surface area contributed by atoms with Gasteiger partial charge in [0.15, 0.2) is 0 Å². The van der Waals surface area contributed by atoms with E-state index in [-0.39, 0.29) is 30.2 Å². The summed E-state index contributed by atoms with van der Waals surface area (Å²) < 4.78 is 1.79. The molecule has 2 N–H and O–H groups in total. The van der Waals surface area contributed by atoms with E-state index in [1.807, 2.05) is 25.5 Å². The molecule has 0 radical (unpaired) electrons. The summed E-state index contributed by atoms with van der Waals surface area (Å²) in [4.78, 5) is 12.9. The number of carbonyl (C=O) groups excluding carboxylic acids is 1. The zero-order valence-electron chi connectivity index (χ0n) is 15.7. The smallest absolute Gasteiger partial charge is 0.229 e. The molecule has 1 saturated heterocycles. The van der Waals surface area contributed by atoms with Crippen molar-refractivity contribution in [2.45, 2.75) is 12.3 Å². The predicted molar refractivity (Wildman–Crippen MR) is 113 cm³/mol. The first kappa shape index (κ1) is 18.7. The third kappa shape index (κ3) is 3.21. The summed E-state index contributed by atoms with van der Waals surface area (Å²) in [5, 5.41) is 10.7. The van der Waals surface area contributed by atoms with Crippen LogP contribution < -0.4 is 10.6 Å². The van der Waals surface area contributed by atoms with E-state index in [0.29, 0.717) is 6.54 Å². The maximum absolute atomic E-state index is 12.9. The summed E-state index contributed by atoms with van der Waals surface area (Å²) in [5.74, 6) is 0.154. The van der Waals surface area contributed by atoms with Crippen molar-refractivity contribution in [3.8, 4) is 11.1 Å². The number of amides is 1. The Morgan fingerprint density at radius 1 is 1.14 bits per heavy atom. The molecule has 1 aliphatic carbocycles. The number of nitrogens with zero attached hydrogens (tertiary/aromatic N) is 2. The number of benzene rings is 2. The van der Waals surface area contributed by atoms with Crippen molar-refractivity contribution in [1.82, 2.24) is 15.1 Å². The average Bonchev–Trinajstić information content (AvgIpc) is 3.38. The second-order valence-electron chi connectivity index (χ2n) is 7.51. The highest BCUT2D eigenvalue weighted by atomic mass is 35.5. The van der Waals surface area contributed by atoms with Crippen LogP contribution in [0.4, 0.5) is 5.69 Å². The number of halogens is 1. The normalized spacial score (nSPS) is 19.6. The van der Waals surface area contributed by atoms with Crippen molar-refractivity contribution >= 4 is 24.0 Å². The van der Waals surface area contributed by atoms with Crippen LogP contribution in [0, 0.1) is 5.92 Å². The van der Waals surface area contributed by atoms with Crippen molar-refractivity contribution in [2.75, 3.05) is 18.4 Å². The number of aromatic nitrogens is 2. The molecule has 1 aliphatic heterocycles. The first-order valence-electron chi connectivity index (χ1n) is 9.40. The molecule has 0 bridgehead atoms. The van der Waals surface area contributed by atoms with Gasteiger partial charge in [0.2, 0.25) is 5.91 Å². The van der Waals surface area contributed by atoms with Gasteiger partial charge >= 0.3 is 0 Å². The minimum Gasteiger partial charge on any atom is -0.326 e. The van der Waals surface area contributed by atoms with Gasteiger partial charge in [0.05, 0.1) is 12.1 Å². The lowest BCUT2D eigenvalue weighted by molar-refractivity contribution is -0.119. The molecular formula is C22H23ClN4O. The van der Waals surface area contributed by atoms with Gasteiger partial charge in [-0.3, -0.25) is 9.48 Å². The van der Waals surface area contributed by atoms with E-state index < -0.39 is 0 Å². The molecule has 2 aliphatic rings. The molecule has 0 spiro atoms. The van der Waals surface area contributed by atoms with Crippen LogP contribution in [0.5, 0.6) is 0 Å². The van der Waals surface area contributed by atoms with Crippen LogP contribution in [0.1, 0.15) is 22.6 Å². The van der Waals surface area contributed by atoms with Gasteiger partial charge in [-0.05, 0) is 46.4 Å². The number of rotatable bonds is 3. The second kappa shape index (κ2) is 7.41. The number of aryl methyl sites for hydroxylation is 1. The zero-order chi connectivity index (χ0) is 18.4. The van der Waals surface area contributed by atoms with E-state index in [9.17, 15) is 4.79 Å². The van der Waals surface area contributed by atoms with E-state index >= 15 is 0 Å². The number of fused-ring (bicyclic) bond motifs is 3. The summed E-state index contributed by atoms with van der Waals surface area (Å²) >= 11 is 0. The SMILES string of the molecule is Cl.Cn1cc([C@H]2CNC[C@@H]2C(=O)Nc2ccc3c(c2)Cc2ccccc2-3)cn1. The Kier molecular flexibility index (Phi) is 4.96. The molecule has 2 heterocycles. The molecule has 5 nitrogen and oxygen atoms in total. The monoisotopic (exact) mass is 394 g/mol. The first-order valence-corrected chi connectivity index (χ1v) is 9.40. The standard InChI is InChI=1S/C22H22N4O.ClH/c1-26-13-16(10-24-26)20-11-23-12-21(20)22(27)25-17-6-7-19-15(9-17)8-14-4-2-3-5-18(14)19;/h2-7,9-10,13,20-21,23H,8,11-12H2,1H3,(H,25,27);1H/t20-,21+;/m1./s1. The van der Waals surface area contributed by atoms with Gasteiger partial charge in [0.1, 0.15) is 0 Å². The molecule has 3 aromatic rings. The van der Waals surface area contributed by atoms with Gasteiger partial charge in [-0.25, -0.2) is 0 Å². The first-order chi connectivity index (χ1) is 13.2. The summed E-state index contributed by atoms with van der Waals surface area (Å²) in [6.45, 7) is 1.51. The Morgan fingerprint density at radius 2 is 1.96 bits per heavy atom. The molecule has 2 aromatic carbocycles. The average molecular weight is 395 g/mol. The maximum atomic E-state index is 12.9. The Balaban J connectivity index is 0.00000192. The lowest BCUT2D eigenvalue weighted by Gasteiger charge is -2.17. The molecule has 1 amide bonds. The molecule has 0 unspecified atom stereocenters. The Labute approximate surface area is 170 Å². The highest BCUT2D eigenvalue weighted by molar-refractivity contribution is 5.94. The Hall–Kier alpha value is -2.63. The topological polar surface area (TPSA) is 59.0 Å². The fourth-order valence-corrected chi connectivity index (χ4v) is 4.39. The second-order valence-corrected chi connectivity index (χ2v) is 7.51. The van der Waals surface area contributed by atoms with E-state index in [0.717, 1.165) is 24.2 Å². The van der Waals surface area contributed by atoms with Crippen molar-refractivity contribution in [3.63, 3.8) is 0 Å². The third-order valence-corrected chi connectivity index (χ3v) is 5.77. The number of carbonyl (C=O) groups is 1. The molecular weight excluding hydrogens is 372 g/mol. The molecule has 28 heavy (non-hydrogen) atoms. The lowest BCUT2D eigenvalue weighted by atomic mass is 9.90. The molecule has 5 rings (SSSR count). The minimum atomic E-state index is -0.0837. The van der Waals surface area contributed by atoms with E-state index in [1.165, 1.54) is 22.3 Å². The quantitative estimate of drug-likeness (QED) is 0.560. The number of hydrogen-bond donors (Lipinski definition) is 2. The van der Waals surface area contributed by atoms with Crippen LogP contribution in [0.15, 0.2) is 54.9 Å². The maximum Gasteiger partial charge on any atom is 0.229 e. The van der Waals surface area contributed by atoms with Gasteiger partial charge in [-0.2, -0.15) is 5.10 Å². The van der Waals surface area contributed by atoms with Crippen LogP contribution in [-0.4, -0.2) is 28.8 Å². The summed E-state index contributed by atoms with van der Waals surface area (Å²) in [6.07, 6.45) is 4.80. The Morgan fingerprint density at radius 3 is 2.79 bits per heavy atom. The molecule has 0 saturated carbocycles. The number of nitrogens with one attached hydrogen (secondary N) is 2. The summed E-state index contributed by atoms with van der Waals surface area (Å²) in [7, 11) is 1.91. The number of anilines is 1. The molecule has 1 fully saturated rings. The van der Waals surface area contributed by atoms with Gasteiger partial charge in [0, 0.05) is 37.9 Å². The van der Waals surface area contributed by atoms with Crippen LogP contribution in [0.3, 0.4) is 0 Å². The van der Waals surface area contributed by atoms with Crippen LogP contribution in [-0.2, 0) is 18.3 Å². The van der Waals surface area contributed by atoms with Crippen molar-refractivity contribution in [2.24, 2.45) is 13.0 Å². The van der Waals surface area contributed by atoms with Gasteiger partial charge < -0.3 is 10.6 Å². The number of hydrogen-bond acceptors (Lipinski definition) is 3. The summed E-state index contributed by atoms with van der Waals surface area (Å²) in [6, 6.07) is 14.8. The Bertz CT molecular complexity index is 1030. The van der Waals surface area contributed by atoms with Crippen molar-refractivity contribution < 1.29 is 4.79 Å². The molecule has 144 valence electrons. The molecule has 2 atom stereocenters. The van der Waals surface area contributed by atoms with E-state index in [2.05, 4.69) is 52.1 Å². The van der Waals surface area contributed by atoms with E-state index in [1.54, 1.807) is 4.68 Å². The predicted octanol–water partition coefficient (Wildman–Crippen LogP) is 3.35. The highest BCUT2D eigenvalue weighted by Crippen LogP contribution is 2.38. The minimum absolute atomic E-state index is 0. The van der Waals surface area contributed by atoms with Gasteiger partial charge in [-0.1, -0.05) is 30.3 Å². The van der Waals surface area contributed by atoms with Crippen LogP contribution in [0.25, 0.3) is 11.1 Å². The van der Waals surface area contributed by atoms with Crippen molar-refractivity contribution in [3.05, 3.63) is 71.5 Å².